The van der Waals surface area contributed by atoms with Crippen molar-refractivity contribution in [3.05, 3.63) is 35.9 Å². The third kappa shape index (κ3) is 6.81. The summed E-state index contributed by atoms with van der Waals surface area (Å²) in [6.45, 7) is 5.43. The van der Waals surface area contributed by atoms with Crippen LogP contribution in [0.5, 0.6) is 0 Å². The number of hydrogen-bond donors (Lipinski definition) is 4. The van der Waals surface area contributed by atoms with Crippen LogP contribution in [0.2, 0.25) is 0 Å². The van der Waals surface area contributed by atoms with Gasteiger partial charge < -0.3 is 16.4 Å². The third-order valence-electron chi connectivity index (χ3n) is 3.89. The van der Waals surface area contributed by atoms with Crippen molar-refractivity contribution in [3.63, 3.8) is 0 Å². The van der Waals surface area contributed by atoms with E-state index in [2.05, 4.69) is 49.2 Å². The SMILES string of the molecule is CC[C@H](C)[C@H](NC[C@@H](N)CS)C(=O)NCCc1ccccc1. The maximum absolute atomic E-state index is 12.4. The average molecular weight is 324 g/mol. The largest absolute Gasteiger partial charge is 0.354 e. The normalized spacial score (nSPS) is 15.1. The van der Waals surface area contributed by atoms with Crippen LogP contribution in [0.15, 0.2) is 30.3 Å². The highest BCUT2D eigenvalue weighted by Crippen LogP contribution is 2.08. The minimum absolute atomic E-state index is 0.0352. The Hall–Kier alpha value is -1.04. The zero-order valence-corrected chi connectivity index (χ0v) is 14.5. The van der Waals surface area contributed by atoms with Gasteiger partial charge in [-0.3, -0.25) is 4.79 Å². The van der Waals surface area contributed by atoms with Crippen molar-refractivity contribution in [2.75, 3.05) is 18.8 Å². The zero-order valence-electron chi connectivity index (χ0n) is 13.6. The van der Waals surface area contributed by atoms with Gasteiger partial charge in [0.2, 0.25) is 5.91 Å². The van der Waals surface area contributed by atoms with Crippen LogP contribution in [0.25, 0.3) is 0 Å². The minimum Gasteiger partial charge on any atom is -0.354 e. The number of benzene rings is 1. The van der Waals surface area contributed by atoms with Gasteiger partial charge in [0.1, 0.15) is 0 Å². The molecular weight excluding hydrogens is 294 g/mol. The van der Waals surface area contributed by atoms with Crippen molar-refractivity contribution < 1.29 is 4.79 Å². The van der Waals surface area contributed by atoms with Crippen LogP contribution in [0.4, 0.5) is 0 Å². The van der Waals surface area contributed by atoms with Gasteiger partial charge in [0.15, 0.2) is 0 Å². The van der Waals surface area contributed by atoms with E-state index in [9.17, 15) is 4.79 Å². The number of rotatable bonds is 10. The smallest absolute Gasteiger partial charge is 0.237 e. The molecule has 0 unspecified atom stereocenters. The Labute approximate surface area is 139 Å². The van der Waals surface area contributed by atoms with Gasteiger partial charge in [0, 0.05) is 24.9 Å². The van der Waals surface area contributed by atoms with Crippen LogP contribution in [0.1, 0.15) is 25.8 Å². The van der Waals surface area contributed by atoms with Crippen molar-refractivity contribution in [2.24, 2.45) is 11.7 Å². The molecule has 0 bridgehead atoms. The molecule has 3 atom stereocenters. The van der Waals surface area contributed by atoms with Crippen molar-refractivity contribution >= 4 is 18.5 Å². The third-order valence-corrected chi connectivity index (χ3v) is 4.35. The predicted molar refractivity (Wildman–Crippen MR) is 96.2 cm³/mol. The van der Waals surface area contributed by atoms with Gasteiger partial charge >= 0.3 is 0 Å². The van der Waals surface area contributed by atoms with E-state index in [-0.39, 0.29) is 23.9 Å². The Morgan fingerprint density at radius 2 is 2.00 bits per heavy atom. The molecule has 0 saturated carbocycles. The van der Waals surface area contributed by atoms with E-state index >= 15 is 0 Å². The molecule has 0 saturated heterocycles. The Bertz CT molecular complexity index is 427. The minimum atomic E-state index is -0.202. The average Bonchev–Trinajstić information content (AvgIpc) is 2.55. The summed E-state index contributed by atoms with van der Waals surface area (Å²) in [6.07, 6.45) is 1.79. The molecule has 0 aliphatic heterocycles. The van der Waals surface area contributed by atoms with Crippen molar-refractivity contribution in [2.45, 2.75) is 38.8 Å². The number of hydrogen-bond acceptors (Lipinski definition) is 4. The summed E-state index contributed by atoms with van der Waals surface area (Å²) < 4.78 is 0. The molecule has 4 nitrogen and oxygen atoms in total. The van der Waals surface area contributed by atoms with E-state index in [4.69, 9.17) is 5.73 Å². The molecule has 0 heterocycles. The Kier molecular flexibility index (Phi) is 9.20. The fourth-order valence-corrected chi connectivity index (χ4v) is 2.34. The molecule has 5 heteroatoms. The van der Waals surface area contributed by atoms with E-state index < -0.39 is 0 Å². The Morgan fingerprint density at radius 1 is 1.32 bits per heavy atom. The maximum Gasteiger partial charge on any atom is 0.237 e. The summed E-state index contributed by atoms with van der Waals surface area (Å²) in [5.74, 6) is 0.927. The number of nitrogens with one attached hydrogen (secondary N) is 2. The molecule has 124 valence electrons. The van der Waals surface area contributed by atoms with Gasteiger partial charge in [-0.15, -0.1) is 0 Å². The van der Waals surface area contributed by atoms with Crippen LogP contribution < -0.4 is 16.4 Å². The highest BCUT2D eigenvalue weighted by molar-refractivity contribution is 7.80. The second kappa shape index (κ2) is 10.6. The number of carbonyl (C=O) groups is 1. The van der Waals surface area contributed by atoms with Gasteiger partial charge in [-0.2, -0.15) is 12.6 Å². The molecule has 0 radical (unpaired) electrons. The first-order chi connectivity index (χ1) is 10.6. The Balaban J connectivity index is 2.45. The zero-order chi connectivity index (χ0) is 16.4. The van der Waals surface area contributed by atoms with Crippen LogP contribution in [-0.2, 0) is 11.2 Å². The molecule has 0 aromatic heterocycles. The van der Waals surface area contributed by atoms with E-state index in [0.717, 1.165) is 12.8 Å². The van der Waals surface area contributed by atoms with Gasteiger partial charge in [-0.25, -0.2) is 0 Å². The van der Waals surface area contributed by atoms with Crippen molar-refractivity contribution in [1.82, 2.24) is 10.6 Å². The molecule has 1 amide bonds. The second-order valence-corrected chi connectivity index (χ2v) is 6.11. The van der Waals surface area contributed by atoms with E-state index in [0.29, 0.717) is 18.8 Å². The number of amides is 1. The summed E-state index contributed by atoms with van der Waals surface area (Å²) in [6, 6.07) is 9.93. The lowest BCUT2D eigenvalue weighted by Gasteiger charge is -2.25. The summed E-state index contributed by atoms with van der Waals surface area (Å²) in [5, 5.41) is 6.31. The Morgan fingerprint density at radius 3 is 2.59 bits per heavy atom. The van der Waals surface area contributed by atoms with E-state index in [1.165, 1.54) is 5.56 Å². The van der Waals surface area contributed by atoms with Gasteiger partial charge in [0.25, 0.3) is 0 Å². The highest BCUT2D eigenvalue weighted by atomic mass is 32.1. The van der Waals surface area contributed by atoms with Gasteiger partial charge in [-0.05, 0) is 17.9 Å². The molecule has 1 aromatic carbocycles. The molecule has 0 spiro atoms. The van der Waals surface area contributed by atoms with Crippen LogP contribution in [0.3, 0.4) is 0 Å². The van der Waals surface area contributed by atoms with Crippen LogP contribution >= 0.6 is 12.6 Å². The highest BCUT2D eigenvalue weighted by Gasteiger charge is 2.23. The lowest BCUT2D eigenvalue weighted by Crippen LogP contribution is -2.51. The quantitative estimate of drug-likeness (QED) is 0.495. The summed E-state index contributed by atoms with van der Waals surface area (Å²) in [7, 11) is 0. The summed E-state index contributed by atoms with van der Waals surface area (Å²) >= 11 is 4.18. The fourth-order valence-electron chi connectivity index (χ4n) is 2.22. The molecule has 0 fully saturated rings. The van der Waals surface area contributed by atoms with Gasteiger partial charge in [0.05, 0.1) is 6.04 Å². The molecular formula is C17H29N3OS. The molecule has 4 N–H and O–H groups in total. The maximum atomic E-state index is 12.4. The van der Waals surface area contributed by atoms with Gasteiger partial charge in [-0.1, -0.05) is 50.6 Å². The predicted octanol–water partition coefficient (Wildman–Crippen LogP) is 1.61. The molecule has 0 aliphatic rings. The second-order valence-electron chi connectivity index (χ2n) is 5.74. The topological polar surface area (TPSA) is 67.1 Å². The first kappa shape index (κ1) is 19.0. The summed E-state index contributed by atoms with van der Waals surface area (Å²) in [4.78, 5) is 12.4. The molecule has 1 aromatic rings. The molecule has 0 aliphatic carbocycles. The van der Waals surface area contributed by atoms with Crippen LogP contribution in [0, 0.1) is 5.92 Å². The first-order valence-electron chi connectivity index (χ1n) is 7.99. The van der Waals surface area contributed by atoms with Crippen molar-refractivity contribution in [3.8, 4) is 0 Å². The van der Waals surface area contributed by atoms with Crippen LogP contribution in [-0.4, -0.2) is 36.8 Å². The monoisotopic (exact) mass is 323 g/mol. The molecule has 1 rings (SSSR count). The lowest BCUT2D eigenvalue weighted by atomic mass is 9.98. The fraction of sp³-hybridized carbons (Fsp3) is 0.588. The van der Waals surface area contributed by atoms with Crippen molar-refractivity contribution in [1.29, 1.82) is 0 Å². The number of carbonyl (C=O) groups excluding carboxylic acids is 1. The van der Waals surface area contributed by atoms with E-state index in [1.807, 2.05) is 18.2 Å². The van der Waals surface area contributed by atoms with E-state index in [1.54, 1.807) is 0 Å². The number of nitrogens with two attached hydrogens (primary N) is 1. The molecule has 22 heavy (non-hydrogen) atoms. The summed E-state index contributed by atoms with van der Waals surface area (Å²) in [5.41, 5.74) is 7.10. The lowest BCUT2D eigenvalue weighted by molar-refractivity contribution is -0.124. The first-order valence-corrected chi connectivity index (χ1v) is 8.63. The standard InChI is InChI=1S/C17H29N3OS/c1-3-13(2)16(20-11-15(18)12-22)17(21)19-10-9-14-7-5-4-6-8-14/h4-8,13,15-16,20,22H,3,9-12,18H2,1-2H3,(H,19,21)/t13-,15+,16-/m0/s1. The number of thiol groups is 1.